The Morgan fingerprint density at radius 3 is 2.61 bits per heavy atom. The van der Waals surface area contributed by atoms with Gasteiger partial charge >= 0.3 is 5.97 Å². The minimum Gasteiger partial charge on any atom is -0.480 e. The van der Waals surface area contributed by atoms with E-state index in [1.165, 1.54) is 12.0 Å². The van der Waals surface area contributed by atoms with Gasteiger partial charge in [-0.1, -0.05) is 28.1 Å². The highest BCUT2D eigenvalue weighted by atomic mass is 79.9. The van der Waals surface area contributed by atoms with Crippen LogP contribution in [0, 0.1) is 0 Å². The number of amides is 1. The van der Waals surface area contributed by atoms with E-state index in [0.717, 1.165) is 15.2 Å². The molecule has 6 heteroatoms. The monoisotopic (exact) mass is 377 g/mol. The summed E-state index contributed by atoms with van der Waals surface area (Å²) < 4.78 is 6.20. The molecule has 2 aromatic carbocycles. The van der Waals surface area contributed by atoms with Crippen molar-refractivity contribution in [1.82, 2.24) is 4.90 Å². The van der Waals surface area contributed by atoms with Gasteiger partial charge in [0.15, 0.2) is 0 Å². The van der Waals surface area contributed by atoms with Crippen LogP contribution < -0.4 is 0 Å². The van der Waals surface area contributed by atoms with Gasteiger partial charge in [0.25, 0.3) is 5.91 Å². The van der Waals surface area contributed by atoms with Crippen LogP contribution in [-0.4, -0.2) is 47.7 Å². The number of fused-ring (bicyclic) bond motifs is 1. The van der Waals surface area contributed by atoms with Gasteiger partial charge in [-0.05, 0) is 35.0 Å². The molecule has 0 radical (unpaired) electrons. The number of hydrogen-bond acceptors (Lipinski definition) is 3. The summed E-state index contributed by atoms with van der Waals surface area (Å²) in [5.74, 6) is -1.27. The van der Waals surface area contributed by atoms with Crippen molar-refractivity contribution in [1.29, 1.82) is 0 Å². The standard InChI is InChI=1S/C17H16BrNO4/c1-23-14-8-15(17(21)22)19(9-14)16(20)12-3-2-11-7-13(18)5-4-10(11)6-12/h2-7,14-15H,8-9H2,1H3,(H,21,22). The molecule has 0 aliphatic carbocycles. The van der Waals surface area contributed by atoms with Crippen LogP contribution in [0.25, 0.3) is 10.8 Å². The third-order valence-electron chi connectivity index (χ3n) is 4.19. The van der Waals surface area contributed by atoms with E-state index in [1.807, 2.05) is 24.3 Å². The summed E-state index contributed by atoms with van der Waals surface area (Å²) in [6.45, 7) is 0.296. The lowest BCUT2D eigenvalue weighted by atomic mass is 10.1. The lowest BCUT2D eigenvalue weighted by Crippen LogP contribution is -2.40. The molecule has 1 fully saturated rings. The van der Waals surface area contributed by atoms with Gasteiger partial charge in [-0.15, -0.1) is 0 Å². The number of carbonyl (C=O) groups excluding carboxylic acids is 1. The van der Waals surface area contributed by atoms with Crippen LogP contribution in [-0.2, 0) is 9.53 Å². The molecule has 23 heavy (non-hydrogen) atoms. The number of methoxy groups -OCH3 is 1. The first kappa shape index (κ1) is 16.0. The zero-order valence-electron chi connectivity index (χ0n) is 12.5. The maximum Gasteiger partial charge on any atom is 0.326 e. The van der Waals surface area contributed by atoms with Gasteiger partial charge in [0.2, 0.25) is 0 Å². The summed E-state index contributed by atoms with van der Waals surface area (Å²) in [7, 11) is 1.53. The van der Waals surface area contributed by atoms with Crippen molar-refractivity contribution in [3.8, 4) is 0 Å². The SMILES string of the molecule is COC1CC(C(=O)O)N(C(=O)c2ccc3cc(Br)ccc3c2)C1. The molecule has 5 nitrogen and oxygen atoms in total. The van der Waals surface area contributed by atoms with Crippen LogP contribution in [0.4, 0.5) is 0 Å². The van der Waals surface area contributed by atoms with Crippen molar-refractivity contribution >= 4 is 38.6 Å². The van der Waals surface area contributed by atoms with Crippen molar-refractivity contribution in [3.63, 3.8) is 0 Å². The van der Waals surface area contributed by atoms with E-state index >= 15 is 0 Å². The number of benzene rings is 2. The largest absolute Gasteiger partial charge is 0.480 e. The van der Waals surface area contributed by atoms with Gasteiger partial charge in [-0.2, -0.15) is 0 Å². The second-order valence-electron chi connectivity index (χ2n) is 5.61. The van der Waals surface area contributed by atoms with Gasteiger partial charge in [0.1, 0.15) is 6.04 Å². The molecule has 1 saturated heterocycles. The average molecular weight is 378 g/mol. The van der Waals surface area contributed by atoms with Crippen molar-refractivity contribution < 1.29 is 19.4 Å². The molecule has 0 bridgehead atoms. The van der Waals surface area contributed by atoms with E-state index in [4.69, 9.17) is 4.74 Å². The summed E-state index contributed by atoms with van der Waals surface area (Å²) in [6.07, 6.45) is 0.0782. The molecule has 2 atom stereocenters. The van der Waals surface area contributed by atoms with Crippen molar-refractivity contribution in [2.24, 2.45) is 0 Å². The predicted molar refractivity (Wildman–Crippen MR) is 89.5 cm³/mol. The number of aliphatic carboxylic acids is 1. The molecule has 120 valence electrons. The van der Waals surface area contributed by atoms with Gasteiger partial charge < -0.3 is 14.7 Å². The second-order valence-corrected chi connectivity index (χ2v) is 6.53. The van der Waals surface area contributed by atoms with Crippen molar-refractivity contribution in [3.05, 3.63) is 46.4 Å². The van der Waals surface area contributed by atoms with Crippen LogP contribution in [0.15, 0.2) is 40.9 Å². The number of hydrogen-bond donors (Lipinski definition) is 1. The van der Waals surface area contributed by atoms with Crippen LogP contribution >= 0.6 is 15.9 Å². The Morgan fingerprint density at radius 2 is 1.91 bits per heavy atom. The molecule has 1 aliphatic heterocycles. The molecule has 0 saturated carbocycles. The van der Waals surface area contributed by atoms with E-state index in [9.17, 15) is 14.7 Å². The molecule has 2 aromatic rings. The van der Waals surface area contributed by atoms with E-state index in [-0.39, 0.29) is 12.0 Å². The molecule has 1 amide bonds. The summed E-state index contributed by atoms with van der Waals surface area (Å²) in [4.78, 5) is 25.5. The molecule has 0 spiro atoms. The summed E-state index contributed by atoms with van der Waals surface area (Å²) in [6, 6.07) is 10.4. The maximum absolute atomic E-state index is 12.7. The fourth-order valence-corrected chi connectivity index (χ4v) is 3.32. The van der Waals surface area contributed by atoms with Crippen molar-refractivity contribution in [2.75, 3.05) is 13.7 Å². The first-order chi connectivity index (χ1) is 11.0. The number of ether oxygens (including phenoxy) is 1. The fourth-order valence-electron chi connectivity index (χ4n) is 2.94. The first-order valence-electron chi connectivity index (χ1n) is 7.25. The minimum atomic E-state index is -0.998. The third-order valence-corrected chi connectivity index (χ3v) is 4.68. The van der Waals surface area contributed by atoms with Gasteiger partial charge in [0.05, 0.1) is 6.10 Å². The normalized spacial score (nSPS) is 20.9. The molecular formula is C17H16BrNO4. The number of nitrogens with zero attached hydrogens (tertiary/aromatic N) is 1. The van der Waals surface area contributed by atoms with Crippen LogP contribution in [0.1, 0.15) is 16.8 Å². The predicted octanol–water partition coefficient (Wildman–Crippen LogP) is 2.92. The minimum absolute atomic E-state index is 0.239. The zero-order chi connectivity index (χ0) is 16.6. The van der Waals surface area contributed by atoms with E-state index in [0.29, 0.717) is 18.5 Å². The Kier molecular flexibility index (Phi) is 4.37. The van der Waals surface area contributed by atoms with Crippen LogP contribution in [0.2, 0.25) is 0 Å². The molecular weight excluding hydrogens is 362 g/mol. The first-order valence-corrected chi connectivity index (χ1v) is 8.05. The highest BCUT2D eigenvalue weighted by molar-refractivity contribution is 9.10. The topological polar surface area (TPSA) is 66.8 Å². The lowest BCUT2D eigenvalue weighted by Gasteiger charge is -2.21. The summed E-state index contributed by atoms with van der Waals surface area (Å²) >= 11 is 3.42. The number of carboxylic acid groups (broad SMARTS) is 1. The number of likely N-dealkylation sites (tertiary alicyclic amines) is 1. The second kappa shape index (κ2) is 6.29. The molecule has 3 rings (SSSR count). The van der Waals surface area contributed by atoms with Crippen molar-refractivity contribution in [2.45, 2.75) is 18.6 Å². The molecule has 2 unspecified atom stereocenters. The number of halogens is 1. The maximum atomic E-state index is 12.7. The molecule has 0 aromatic heterocycles. The summed E-state index contributed by atoms with van der Waals surface area (Å²) in [5.41, 5.74) is 0.489. The fraction of sp³-hybridized carbons (Fsp3) is 0.294. The van der Waals surface area contributed by atoms with Gasteiger partial charge in [0, 0.05) is 30.1 Å². The molecule has 1 aliphatic rings. The molecule has 1 N–H and O–H groups in total. The van der Waals surface area contributed by atoms with Crippen LogP contribution in [0.3, 0.4) is 0 Å². The smallest absolute Gasteiger partial charge is 0.326 e. The van der Waals surface area contributed by atoms with Gasteiger partial charge in [-0.25, -0.2) is 4.79 Å². The van der Waals surface area contributed by atoms with E-state index in [1.54, 1.807) is 12.1 Å². The Morgan fingerprint density at radius 1 is 1.22 bits per heavy atom. The summed E-state index contributed by atoms with van der Waals surface area (Å²) in [5, 5.41) is 11.3. The zero-order valence-corrected chi connectivity index (χ0v) is 14.1. The quantitative estimate of drug-likeness (QED) is 0.892. The average Bonchev–Trinajstić information content (AvgIpc) is 2.98. The van der Waals surface area contributed by atoms with Crippen LogP contribution in [0.5, 0.6) is 0 Å². The Labute approximate surface area is 142 Å². The number of rotatable bonds is 3. The highest BCUT2D eigenvalue weighted by Gasteiger charge is 2.40. The lowest BCUT2D eigenvalue weighted by molar-refractivity contribution is -0.141. The highest BCUT2D eigenvalue weighted by Crippen LogP contribution is 2.25. The number of carbonyl (C=O) groups is 2. The van der Waals surface area contributed by atoms with Gasteiger partial charge in [-0.3, -0.25) is 4.79 Å². The van der Waals surface area contributed by atoms with E-state index in [2.05, 4.69) is 15.9 Å². The molecule has 1 heterocycles. The van der Waals surface area contributed by atoms with E-state index < -0.39 is 12.0 Å². The number of carboxylic acids is 1. The Balaban J connectivity index is 1.92. The third kappa shape index (κ3) is 3.09. The Hall–Kier alpha value is -1.92. The Bertz CT molecular complexity index is 776.